The first-order chi connectivity index (χ1) is 6.84. The number of aliphatic hydroxyl groups excluding tert-OH is 1. The van der Waals surface area contributed by atoms with Crippen molar-refractivity contribution in [3.63, 3.8) is 0 Å². The summed E-state index contributed by atoms with van der Waals surface area (Å²) in [5.41, 5.74) is -1.22. The van der Waals surface area contributed by atoms with E-state index in [1.54, 1.807) is 6.07 Å². The van der Waals surface area contributed by atoms with Gasteiger partial charge in [0.05, 0.1) is 5.57 Å². The molecule has 0 aliphatic carbocycles. The molecule has 0 amide bonds. The molecule has 1 aromatic carbocycles. The Hall–Kier alpha value is -1.00. The molecule has 1 atom stereocenters. The maximum absolute atomic E-state index is 12.2. The van der Waals surface area contributed by atoms with E-state index in [0.717, 1.165) is 0 Å². The summed E-state index contributed by atoms with van der Waals surface area (Å²) in [5.74, 6) is 0. The Kier molecular flexibility index (Phi) is 3.42. The standard InChI is InChI=1S/C10H8ClF3O/c1-6(10(12,13)14)9(15)7-4-2-3-5-8(7)11/h2-5,9,15H,1H2. The quantitative estimate of drug-likeness (QED) is 0.780. The maximum atomic E-state index is 12.2. The third-order valence-corrected chi connectivity index (χ3v) is 2.24. The van der Waals surface area contributed by atoms with Gasteiger partial charge in [-0.15, -0.1) is 0 Å². The van der Waals surface area contributed by atoms with Crippen LogP contribution in [0.3, 0.4) is 0 Å². The second-order valence-corrected chi connectivity index (χ2v) is 3.35. The highest BCUT2D eigenvalue weighted by Gasteiger charge is 2.37. The summed E-state index contributed by atoms with van der Waals surface area (Å²) >= 11 is 5.64. The minimum atomic E-state index is -4.63. The highest BCUT2D eigenvalue weighted by Crippen LogP contribution is 2.36. The predicted octanol–water partition coefficient (Wildman–Crippen LogP) is 3.49. The molecule has 1 rings (SSSR count). The summed E-state index contributed by atoms with van der Waals surface area (Å²) < 4.78 is 36.6. The van der Waals surface area contributed by atoms with Crippen molar-refractivity contribution >= 4 is 11.6 Å². The van der Waals surface area contributed by atoms with E-state index in [1.807, 2.05) is 0 Å². The van der Waals surface area contributed by atoms with Crippen molar-refractivity contribution in [1.29, 1.82) is 0 Å². The lowest BCUT2D eigenvalue weighted by Crippen LogP contribution is -2.17. The fourth-order valence-corrected chi connectivity index (χ4v) is 1.28. The van der Waals surface area contributed by atoms with Gasteiger partial charge in [0, 0.05) is 10.6 Å². The van der Waals surface area contributed by atoms with E-state index in [0.29, 0.717) is 0 Å². The molecule has 0 heterocycles. The molecular weight excluding hydrogens is 229 g/mol. The van der Waals surface area contributed by atoms with Crippen LogP contribution in [0.5, 0.6) is 0 Å². The van der Waals surface area contributed by atoms with Gasteiger partial charge in [0.15, 0.2) is 0 Å². The number of aliphatic hydroxyl groups is 1. The van der Waals surface area contributed by atoms with Crippen LogP contribution in [-0.2, 0) is 0 Å². The van der Waals surface area contributed by atoms with E-state index in [-0.39, 0.29) is 10.6 Å². The second-order valence-electron chi connectivity index (χ2n) is 2.95. The largest absolute Gasteiger partial charge is 0.414 e. The molecule has 0 spiro atoms. The number of halogens is 4. The number of alkyl halides is 3. The smallest absolute Gasteiger partial charge is 0.384 e. The Bertz CT molecular complexity index is 373. The van der Waals surface area contributed by atoms with E-state index < -0.39 is 17.9 Å². The summed E-state index contributed by atoms with van der Waals surface area (Å²) in [6.45, 7) is 2.81. The fraction of sp³-hybridized carbons (Fsp3) is 0.200. The molecule has 0 saturated heterocycles. The van der Waals surface area contributed by atoms with Gasteiger partial charge in [-0.1, -0.05) is 36.4 Å². The summed E-state index contributed by atoms with van der Waals surface area (Å²) in [6.07, 6.45) is -6.45. The normalized spacial score (nSPS) is 13.7. The van der Waals surface area contributed by atoms with Crippen LogP contribution in [0, 0.1) is 0 Å². The first-order valence-electron chi connectivity index (χ1n) is 4.02. The van der Waals surface area contributed by atoms with Crippen LogP contribution in [0.15, 0.2) is 36.4 Å². The number of hydrogen-bond acceptors (Lipinski definition) is 1. The molecule has 0 saturated carbocycles. The molecule has 0 aliphatic heterocycles. The number of hydrogen-bond donors (Lipinski definition) is 1. The van der Waals surface area contributed by atoms with E-state index in [1.165, 1.54) is 18.2 Å². The Labute approximate surface area is 89.8 Å². The average molecular weight is 237 g/mol. The van der Waals surface area contributed by atoms with E-state index in [2.05, 4.69) is 6.58 Å². The van der Waals surface area contributed by atoms with Crippen LogP contribution in [0.25, 0.3) is 0 Å². The van der Waals surface area contributed by atoms with Gasteiger partial charge in [-0.2, -0.15) is 13.2 Å². The average Bonchev–Trinajstić information content (AvgIpc) is 2.15. The van der Waals surface area contributed by atoms with Crippen LogP contribution in [0.1, 0.15) is 11.7 Å². The van der Waals surface area contributed by atoms with Crippen molar-refractivity contribution in [2.24, 2.45) is 0 Å². The van der Waals surface area contributed by atoms with E-state index in [4.69, 9.17) is 11.6 Å². The zero-order valence-electron chi connectivity index (χ0n) is 7.55. The topological polar surface area (TPSA) is 20.2 Å². The molecule has 82 valence electrons. The third kappa shape index (κ3) is 2.73. The zero-order chi connectivity index (χ0) is 11.6. The van der Waals surface area contributed by atoms with Gasteiger partial charge < -0.3 is 5.11 Å². The molecule has 1 N–H and O–H groups in total. The lowest BCUT2D eigenvalue weighted by molar-refractivity contribution is -0.105. The van der Waals surface area contributed by atoms with Gasteiger partial charge >= 0.3 is 6.18 Å². The Morgan fingerprint density at radius 3 is 2.33 bits per heavy atom. The summed E-state index contributed by atoms with van der Waals surface area (Å²) in [5, 5.41) is 9.48. The highest BCUT2D eigenvalue weighted by molar-refractivity contribution is 6.31. The molecular formula is C10H8ClF3O. The molecule has 0 aromatic heterocycles. The molecule has 15 heavy (non-hydrogen) atoms. The molecule has 1 unspecified atom stereocenters. The summed E-state index contributed by atoms with van der Waals surface area (Å²) in [4.78, 5) is 0. The highest BCUT2D eigenvalue weighted by atomic mass is 35.5. The van der Waals surface area contributed by atoms with Gasteiger partial charge in [-0.05, 0) is 6.07 Å². The second kappa shape index (κ2) is 4.24. The molecule has 5 heteroatoms. The Morgan fingerprint density at radius 2 is 1.87 bits per heavy atom. The van der Waals surface area contributed by atoms with Crippen LogP contribution >= 0.6 is 11.6 Å². The SMILES string of the molecule is C=C(C(O)c1ccccc1Cl)C(F)(F)F. The van der Waals surface area contributed by atoms with E-state index in [9.17, 15) is 18.3 Å². The van der Waals surface area contributed by atoms with Crippen molar-refractivity contribution in [3.8, 4) is 0 Å². The van der Waals surface area contributed by atoms with Crippen molar-refractivity contribution in [1.82, 2.24) is 0 Å². The molecule has 1 aromatic rings. The van der Waals surface area contributed by atoms with Crippen molar-refractivity contribution in [2.45, 2.75) is 12.3 Å². The van der Waals surface area contributed by atoms with Gasteiger partial charge in [0.25, 0.3) is 0 Å². The predicted molar refractivity (Wildman–Crippen MR) is 51.6 cm³/mol. The molecule has 0 radical (unpaired) electrons. The van der Waals surface area contributed by atoms with Gasteiger partial charge in [-0.3, -0.25) is 0 Å². The van der Waals surface area contributed by atoms with E-state index >= 15 is 0 Å². The third-order valence-electron chi connectivity index (χ3n) is 1.89. The summed E-state index contributed by atoms with van der Waals surface area (Å²) in [7, 11) is 0. The van der Waals surface area contributed by atoms with Gasteiger partial charge in [-0.25, -0.2) is 0 Å². The van der Waals surface area contributed by atoms with Crippen molar-refractivity contribution in [3.05, 3.63) is 47.0 Å². The minimum absolute atomic E-state index is 0.00138. The van der Waals surface area contributed by atoms with Crippen molar-refractivity contribution < 1.29 is 18.3 Å². The maximum Gasteiger partial charge on any atom is 0.414 e. The van der Waals surface area contributed by atoms with Gasteiger partial charge in [0.1, 0.15) is 6.10 Å². The molecule has 0 aliphatic rings. The minimum Gasteiger partial charge on any atom is -0.384 e. The Morgan fingerprint density at radius 1 is 1.33 bits per heavy atom. The Balaban J connectivity index is 3.01. The number of benzene rings is 1. The molecule has 0 bridgehead atoms. The van der Waals surface area contributed by atoms with Crippen LogP contribution in [0.4, 0.5) is 13.2 Å². The zero-order valence-corrected chi connectivity index (χ0v) is 8.31. The monoisotopic (exact) mass is 236 g/mol. The van der Waals surface area contributed by atoms with Gasteiger partial charge in [0.2, 0.25) is 0 Å². The molecule has 1 nitrogen and oxygen atoms in total. The first kappa shape index (κ1) is 12.1. The number of rotatable bonds is 2. The molecule has 0 fully saturated rings. The van der Waals surface area contributed by atoms with Crippen LogP contribution < -0.4 is 0 Å². The lowest BCUT2D eigenvalue weighted by Gasteiger charge is -2.17. The van der Waals surface area contributed by atoms with Crippen molar-refractivity contribution in [2.75, 3.05) is 0 Å². The van der Waals surface area contributed by atoms with Crippen LogP contribution in [0.2, 0.25) is 5.02 Å². The van der Waals surface area contributed by atoms with Crippen LogP contribution in [-0.4, -0.2) is 11.3 Å². The lowest BCUT2D eigenvalue weighted by atomic mass is 10.0. The fourth-order valence-electron chi connectivity index (χ4n) is 1.04. The summed E-state index contributed by atoms with van der Waals surface area (Å²) in [6, 6.07) is 5.79. The first-order valence-corrected chi connectivity index (χ1v) is 4.40.